The number of halogens is 3. The number of rotatable bonds is 3. The Hall–Kier alpha value is -0.650. The van der Waals surface area contributed by atoms with E-state index >= 15 is 0 Å². The number of ether oxygens (including phenoxy) is 1. The van der Waals surface area contributed by atoms with E-state index in [1.807, 2.05) is 0 Å². The molecule has 0 N–H and O–H groups in total. The lowest BCUT2D eigenvalue weighted by atomic mass is 10.2. The summed E-state index contributed by atoms with van der Waals surface area (Å²) in [6.45, 7) is 1.39. The van der Waals surface area contributed by atoms with Gasteiger partial charge >= 0.3 is 0 Å². The number of nitrogens with zero attached hydrogens (tertiary/aromatic N) is 2. The molecule has 2 aromatic rings. The van der Waals surface area contributed by atoms with Crippen molar-refractivity contribution in [3.8, 4) is 0 Å². The molecule has 0 radical (unpaired) electrons. The van der Waals surface area contributed by atoms with E-state index in [-0.39, 0.29) is 11.9 Å². The molecule has 0 aliphatic carbocycles. The molecule has 1 atom stereocenters. The first-order valence-corrected chi connectivity index (χ1v) is 7.53. The Labute approximate surface area is 123 Å². The molecule has 1 aromatic carbocycles. The van der Waals surface area contributed by atoms with Crippen molar-refractivity contribution in [2.75, 3.05) is 19.1 Å². The SMILES string of the molecule is Fc1cc2c(cc1Br)nc(CCCl)n2C1CCOC1. The van der Waals surface area contributed by atoms with Crippen molar-refractivity contribution in [2.24, 2.45) is 0 Å². The van der Waals surface area contributed by atoms with Crippen LogP contribution in [-0.2, 0) is 11.2 Å². The minimum atomic E-state index is -0.273. The largest absolute Gasteiger partial charge is 0.379 e. The Kier molecular flexibility index (Phi) is 3.78. The number of hydrogen-bond acceptors (Lipinski definition) is 2. The summed E-state index contributed by atoms with van der Waals surface area (Å²) < 4.78 is 21.7. The zero-order valence-electron chi connectivity index (χ0n) is 10.2. The van der Waals surface area contributed by atoms with E-state index in [0.29, 0.717) is 23.4 Å². The Morgan fingerprint density at radius 3 is 3.05 bits per heavy atom. The second-order valence-corrected chi connectivity index (χ2v) is 5.84. The van der Waals surface area contributed by atoms with Gasteiger partial charge in [0.2, 0.25) is 0 Å². The van der Waals surface area contributed by atoms with E-state index in [9.17, 15) is 4.39 Å². The van der Waals surface area contributed by atoms with Crippen LogP contribution < -0.4 is 0 Å². The predicted molar refractivity (Wildman–Crippen MR) is 76.3 cm³/mol. The van der Waals surface area contributed by atoms with Gasteiger partial charge in [0.15, 0.2) is 0 Å². The van der Waals surface area contributed by atoms with Crippen molar-refractivity contribution in [3.63, 3.8) is 0 Å². The van der Waals surface area contributed by atoms with E-state index in [1.54, 1.807) is 6.07 Å². The van der Waals surface area contributed by atoms with E-state index in [0.717, 1.165) is 29.9 Å². The fourth-order valence-electron chi connectivity index (χ4n) is 2.53. The maximum absolute atomic E-state index is 13.8. The molecule has 0 saturated carbocycles. The van der Waals surface area contributed by atoms with Gasteiger partial charge in [0.25, 0.3) is 0 Å². The van der Waals surface area contributed by atoms with Crippen LogP contribution in [0.25, 0.3) is 11.0 Å². The molecule has 1 aliphatic rings. The average Bonchev–Trinajstić information content (AvgIpc) is 2.98. The lowest BCUT2D eigenvalue weighted by Crippen LogP contribution is -2.12. The van der Waals surface area contributed by atoms with Gasteiger partial charge in [-0.3, -0.25) is 0 Å². The van der Waals surface area contributed by atoms with Crippen LogP contribution in [0.5, 0.6) is 0 Å². The summed E-state index contributed by atoms with van der Waals surface area (Å²) in [4.78, 5) is 4.58. The highest BCUT2D eigenvalue weighted by molar-refractivity contribution is 9.10. The number of fused-ring (bicyclic) bond motifs is 1. The van der Waals surface area contributed by atoms with Gasteiger partial charge in [-0.15, -0.1) is 11.6 Å². The summed E-state index contributed by atoms with van der Waals surface area (Å²) in [6, 6.07) is 3.47. The maximum atomic E-state index is 13.8. The van der Waals surface area contributed by atoms with Gasteiger partial charge in [0.05, 0.1) is 28.2 Å². The molecule has 3 nitrogen and oxygen atoms in total. The van der Waals surface area contributed by atoms with Crippen LogP contribution in [0.2, 0.25) is 0 Å². The van der Waals surface area contributed by atoms with Crippen LogP contribution in [0, 0.1) is 5.82 Å². The zero-order chi connectivity index (χ0) is 13.4. The molecule has 102 valence electrons. The van der Waals surface area contributed by atoms with Crippen LogP contribution in [-0.4, -0.2) is 28.6 Å². The summed E-state index contributed by atoms with van der Waals surface area (Å²) in [7, 11) is 0. The van der Waals surface area contributed by atoms with Gasteiger partial charge in [0, 0.05) is 25.0 Å². The smallest absolute Gasteiger partial charge is 0.139 e. The Morgan fingerprint density at radius 2 is 2.37 bits per heavy atom. The molecular formula is C13H13BrClFN2O. The van der Waals surface area contributed by atoms with Gasteiger partial charge in [-0.25, -0.2) is 9.37 Å². The Morgan fingerprint density at radius 1 is 1.53 bits per heavy atom. The quantitative estimate of drug-likeness (QED) is 0.792. The maximum Gasteiger partial charge on any atom is 0.139 e. The molecule has 1 fully saturated rings. The summed E-state index contributed by atoms with van der Waals surface area (Å²) in [6.07, 6.45) is 1.60. The number of aromatic nitrogens is 2. The Balaban J connectivity index is 2.19. The summed E-state index contributed by atoms with van der Waals surface area (Å²) >= 11 is 9.03. The average molecular weight is 348 g/mol. The third-order valence-electron chi connectivity index (χ3n) is 3.39. The van der Waals surface area contributed by atoms with E-state index in [2.05, 4.69) is 25.5 Å². The molecule has 0 amide bonds. The molecule has 1 aromatic heterocycles. The van der Waals surface area contributed by atoms with Gasteiger partial charge in [-0.05, 0) is 28.4 Å². The number of hydrogen-bond donors (Lipinski definition) is 0. The molecule has 1 aliphatic heterocycles. The van der Waals surface area contributed by atoms with Gasteiger partial charge in [-0.2, -0.15) is 0 Å². The van der Waals surface area contributed by atoms with Gasteiger partial charge < -0.3 is 9.30 Å². The van der Waals surface area contributed by atoms with Crippen molar-refractivity contribution in [3.05, 3.63) is 28.2 Å². The zero-order valence-corrected chi connectivity index (χ0v) is 12.5. The molecule has 19 heavy (non-hydrogen) atoms. The molecule has 2 heterocycles. The van der Waals surface area contributed by atoms with Crippen molar-refractivity contribution in [1.82, 2.24) is 9.55 Å². The van der Waals surface area contributed by atoms with E-state index in [1.165, 1.54) is 6.07 Å². The number of alkyl halides is 1. The molecule has 0 spiro atoms. The molecular weight excluding hydrogens is 335 g/mol. The first-order valence-electron chi connectivity index (χ1n) is 6.20. The normalized spacial score (nSPS) is 19.4. The number of aryl methyl sites for hydroxylation is 1. The topological polar surface area (TPSA) is 27.1 Å². The summed E-state index contributed by atoms with van der Waals surface area (Å²) in [5.41, 5.74) is 1.61. The number of imidazole rings is 1. The number of benzene rings is 1. The standard InChI is InChI=1S/C13H13BrClFN2O/c14-9-5-11-12(6-10(9)16)18(8-2-4-19-7-8)13(17-11)1-3-15/h5-6,8H,1-4,7H2. The van der Waals surface area contributed by atoms with Crippen molar-refractivity contribution in [1.29, 1.82) is 0 Å². The fourth-order valence-corrected chi connectivity index (χ4v) is 3.03. The molecule has 0 bridgehead atoms. The summed E-state index contributed by atoms with van der Waals surface area (Å²) in [5.74, 6) is 1.13. The van der Waals surface area contributed by atoms with Crippen molar-refractivity contribution >= 4 is 38.6 Å². The van der Waals surface area contributed by atoms with E-state index < -0.39 is 0 Å². The molecule has 1 unspecified atom stereocenters. The Bertz CT molecular complexity index is 610. The minimum Gasteiger partial charge on any atom is -0.379 e. The van der Waals surface area contributed by atoms with Crippen molar-refractivity contribution in [2.45, 2.75) is 18.9 Å². The minimum absolute atomic E-state index is 0.226. The third kappa shape index (κ3) is 2.39. The molecule has 6 heteroatoms. The summed E-state index contributed by atoms with van der Waals surface area (Å²) in [5, 5.41) is 0. The van der Waals surface area contributed by atoms with Crippen molar-refractivity contribution < 1.29 is 9.13 Å². The van der Waals surface area contributed by atoms with E-state index in [4.69, 9.17) is 16.3 Å². The first-order chi connectivity index (χ1) is 9.20. The molecule has 3 rings (SSSR count). The predicted octanol–water partition coefficient (Wildman–Crippen LogP) is 3.68. The third-order valence-corrected chi connectivity index (χ3v) is 4.19. The van der Waals surface area contributed by atoms with Crippen LogP contribution in [0.1, 0.15) is 18.3 Å². The highest BCUT2D eigenvalue weighted by Crippen LogP contribution is 2.30. The lowest BCUT2D eigenvalue weighted by molar-refractivity contribution is 0.186. The highest BCUT2D eigenvalue weighted by Gasteiger charge is 2.23. The highest BCUT2D eigenvalue weighted by atomic mass is 79.9. The lowest BCUT2D eigenvalue weighted by Gasteiger charge is -2.14. The monoisotopic (exact) mass is 346 g/mol. The molecule has 1 saturated heterocycles. The first kappa shape index (κ1) is 13.3. The van der Waals surface area contributed by atoms with Crippen LogP contribution >= 0.6 is 27.5 Å². The second-order valence-electron chi connectivity index (χ2n) is 4.61. The fraction of sp³-hybridized carbons (Fsp3) is 0.462. The van der Waals surface area contributed by atoms with Crippen LogP contribution in [0.4, 0.5) is 4.39 Å². The van der Waals surface area contributed by atoms with Gasteiger partial charge in [-0.1, -0.05) is 0 Å². The second kappa shape index (κ2) is 5.38. The van der Waals surface area contributed by atoms with Crippen LogP contribution in [0.3, 0.4) is 0 Å². The van der Waals surface area contributed by atoms with Gasteiger partial charge in [0.1, 0.15) is 11.6 Å². The van der Waals surface area contributed by atoms with Crippen LogP contribution in [0.15, 0.2) is 16.6 Å².